The second-order valence-electron chi connectivity index (χ2n) is 5.52. The normalized spacial score (nSPS) is 39.7. The Morgan fingerprint density at radius 3 is 2.12 bits per heavy atom. The first kappa shape index (κ1) is 11.4. The molecule has 0 saturated heterocycles. The summed E-state index contributed by atoms with van der Waals surface area (Å²) in [4.78, 5) is 23.0. The van der Waals surface area contributed by atoms with Gasteiger partial charge in [0.2, 0.25) is 0 Å². The molecule has 4 nitrogen and oxygen atoms in total. The van der Waals surface area contributed by atoms with Crippen molar-refractivity contribution in [3.63, 3.8) is 0 Å². The molecule has 0 radical (unpaired) electrons. The molecule has 0 aromatic heterocycles. The van der Waals surface area contributed by atoms with E-state index in [0.29, 0.717) is 0 Å². The monoisotopic (exact) mass is 226 g/mol. The summed E-state index contributed by atoms with van der Waals surface area (Å²) in [6.45, 7) is 4.16. The number of carbonyl (C=O) groups excluding carboxylic acids is 1. The maximum atomic E-state index is 11.7. The molecule has 2 saturated carbocycles. The summed E-state index contributed by atoms with van der Waals surface area (Å²) in [5.74, 6) is -1.94. The van der Waals surface area contributed by atoms with Gasteiger partial charge in [0.15, 0.2) is 0 Å². The molecular formula is C12H18O4. The van der Waals surface area contributed by atoms with E-state index >= 15 is 0 Å². The molecule has 0 spiro atoms. The Hall–Kier alpha value is -1.06. The predicted octanol–water partition coefficient (Wildman–Crippen LogP) is 1.54. The summed E-state index contributed by atoms with van der Waals surface area (Å²) < 4.78 is 4.76. The molecule has 90 valence electrons. The number of carboxylic acid groups (broad SMARTS) is 1. The molecule has 2 rings (SSSR count). The number of carbonyl (C=O) groups is 2. The minimum Gasteiger partial charge on any atom is -0.481 e. The molecule has 4 heteroatoms. The van der Waals surface area contributed by atoms with Crippen LogP contribution in [0, 0.1) is 29.1 Å². The Morgan fingerprint density at radius 1 is 1.19 bits per heavy atom. The average Bonchev–Trinajstić information content (AvgIpc) is 2.64. The third kappa shape index (κ3) is 1.28. The van der Waals surface area contributed by atoms with Gasteiger partial charge in [0.1, 0.15) is 0 Å². The molecule has 2 fully saturated rings. The first-order valence-corrected chi connectivity index (χ1v) is 5.72. The lowest BCUT2D eigenvalue weighted by Gasteiger charge is -2.25. The van der Waals surface area contributed by atoms with E-state index in [-0.39, 0.29) is 23.2 Å². The van der Waals surface area contributed by atoms with Gasteiger partial charge in [-0.15, -0.1) is 0 Å². The van der Waals surface area contributed by atoms with E-state index in [4.69, 9.17) is 4.74 Å². The van der Waals surface area contributed by atoms with E-state index in [1.54, 1.807) is 0 Å². The molecule has 4 atom stereocenters. The number of methoxy groups -OCH3 is 1. The van der Waals surface area contributed by atoms with Crippen molar-refractivity contribution in [3.8, 4) is 0 Å². The summed E-state index contributed by atoms with van der Waals surface area (Å²) in [5, 5.41) is 9.27. The first-order valence-electron chi connectivity index (χ1n) is 5.72. The van der Waals surface area contributed by atoms with E-state index in [9.17, 15) is 14.7 Å². The SMILES string of the molecule is COC(=O)C1C(C(=O)O)C2CCC1C2(C)C. The average molecular weight is 226 g/mol. The highest BCUT2D eigenvalue weighted by Gasteiger charge is 2.63. The third-order valence-electron chi connectivity index (χ3n) is 4.71. The predicted molar refractivity (Wildman–Crippen MR) is 56.6 cm³/mol. The molecule has 2 aliphatic carbocycles. The Balaban J connectivity index is 2.37. The fourth-order valence-electron chi connectivity index (χ4n) is 3.94. The van der Waals surface area contributed by atoms with Crippen LogP contribution in [0.4, 0.5) is 0 Å². The molecule has 0 aromatic carbocycles. The van der Waals surface area contributed by atoms with Crippen LogP contribution in [0.1, 0.15) is 26.7 Å². The lowest BCUT2D eigenvalue weighted by molar-refractivity contribution is -0.158. The van der Waals surface area contributed by atoms with Crippen LogP contribution in [0.2, 0.25) is 0 Å². The number of ether oxygens (including phenoxy) is 1. The molecule has 4 unspecified atom stereocenters. The van der Waals surface area contributed by atoms with Crippen LogP contribution in [0.15, 0.2) is 0 Å². The van der Waals surface area contributed by atoms with Crippen molar-refractivity contribution in [3.05, 3.63) is 0 Å². The molecule has 0 aliphatic heterocycles. The summed E-state index contributed by atoms with van der Waals surface area (Å²) in [5.41, 5.74) is -0.0537. The van der Waals surface area contributed by atoms with E-state index in [1.165, 1.54) is 7.11 Å². The fraction of sp³-hybridized carbons (Fsp3) is 0.833. The van der Waals surface area contributed by atoms with E-state index < -0.39 is 17.8 Å². The van der Waals surface area contributed by atoms with E-state index in [0.717, 1.165) is 12.8 Å². The van der Waals surface area contributed by atoms with Gasteiger partial charge in [-0.3, -0.25) is 9.59 Å². The first-order chi connectivity index (χ1) is 7.41. The fourth-order valence-corrected chi connectivity index (χ4v) is 3.94. The molecule has 1 N–H and O–H groups in total. The molecule has 2 bridgehead atoms. The van der Waals surface area contributed by atoms with Gasteiger partial charge in [-0.1, -0.05) is 13.8 Å². The molecule has 16 heavy (non-hydrogen) atoms. The Labute approximate surface area is 95.0 Å². The van der Waals surface area contributed by atoms with Crippen LogP contribution < -0.4 is 0 Å². The Kier molecular flexibility index (Phi) is 2.48. The summed E-state index contributed by atoms with van der Waals surface area (Å²) in [6, 6.07) is 0. The third-order valence-corrected chi connectivity index (χ3v) is 4.71. The zero-order valence-electron chi connectivity index (χ0n) is 9.90. The van der Waals surface area contributed by atoms with Crippen molar-refractivity contribution in [2.45, 2.75) is 26.7 Å². The highest BCUT2D eigenvalue weighted by atomic mass is 16.5. The van der Waals surface area contributed by atoms with Gasteiger partial charge in [-0.05, 0) is 30.1 Å². The van der Waals surface area contributed by atoms with Crippen molar-refractivity contribution in [2.24, 2.45) is 29.1 Å². The Bertz CT molecular complexity index is 334. The van der Waals surface area contributed by atoms with Gasteiger partial charge in [0.05, 0.1) is 18.9 Å². The van der Waals surface area contributed by atoms with Crippen molar-refractivity contribution in [1.29, 1.82) is 0 Å². The van der Waals surface area contributed by atoms with Crippen LogP contribution in [0.25, 0.3) is 0 Å². The van der Waals surface area contributed by atoms with Crippen LogP contribution in [0.3, 0.4) is 0 Å². The number of fused-ring (bicyclic) bond motifs is 2. The minimum absolute atomic E-state index is 0.0537. The van der Waals surface area contributed by atoms with Crippen molar-refractivity contribution in [2.75, 3.05) is 7.11 Å². The number of carboxylic acids is 1. The van der Waals surface area contributed by atoms with Crippen molar-refractivity contribution in [1.82, 2.24) is 0 Å². The van der Waals surface area contributed by atoms with Gasteiger partial charge in [-0.25, -0.2) is 0 Å². The van der Waals surface area contributed by atoms with Crippen molar-refractivity contribution >= 4 is 11.9 Å². The van der Waals surface area contributed by atoms with E-state index in [2.05, 4.69) is 13.8 Å². The van der Waals surface area contributed by atoms with Gasteiger partial charge in [0, 0.05) is 0 Å². The maximum Gasteiger partial charge on any atom is 0.309 e. The molecule has 0 amide bonds. The minimum atomic E-state index is -0.851. The number of aliphatic carboxylic acids is 1. The number of hydrogen-bond acceptors (Lipinski definition) is 3. The second kappa shape index (κ2) is 3.47. The second-order valence-corrected chi connectivity index (χ2v) is 5.52. The van der Waals surface area contributed by atoms with Crippen LogP contribution in [0.5, 0.6) is 0 Å². The lowest BCUT2D eigenvalue weighted by Crippen LogP contribution is -2.35. The topological polar surface area (TPSA) is 63.6 Å². The van der Waals surface area contributed by atoms with Gasteiger partial charge < -0.3 is 9.84 Å². The molecular weight excluding hydrogens is 208 g/mol. The van der Waals surface area contributed by atoms with Crippen LogP contribution >= 0.6 is 0 Å². The summed E-state index contributed by atoms with van der Waals surface area (Å²) >= 11 is 0. The zero-order chi connectivity index (χ0) is 12.1. The molecule has 0 aromatic rings. The van der Waals surface area contributed by atoms with Crippen molar-refractivity contribution < 1.29 is 19.4 Å². The van der Waals surface area contributed by atoms with Crippen LogP contribution in [-0.2, 0) is 14.3 Å². The van der Waals surface area contributed by atoms with Gasteiger partial charge >= 0.3 is 11.9 Å². The molecule has 0 heterocycles. The number of esters is 1. The summed E-state index contributed by atoms with van der Waals surface area (Å²) in [7, 11) is 1.33. The highest BCUT2D eigenvalue weighted by molar-refractivity contribution is 5.83. The quantitative estimate of drug-likeness (QED) is 0.725. The van der Waals surface area contributed by atoms with E-state index in [1.807, 2.05) is 0 Å². The van der Waals surface area contributed by atoms with Gasteiger partial charge in [0.25, 0.3) is 0 Å². The smallest absolute Gasteiger partial charge is 0.309 e. The number of rotatable bonds is 2. The maximum absolute atomic E-state index is 11.7. The number of hydrogen-bond donors (Lipinski definition) is 1. The zero-order valence-corrected chi connectivity index (χ0v) is 9.90. The summed E-state index contributed by atoms with van der Waals surface area (Å²) in [6.07, 6.45) is 1.86. The van der Waals surface area contributed by atoms with Crippen LogP contribution in [-0.4, -0.2) is 24.2 Å². The van der Waals surface area contributed by atoms with Gasteiger partial charge in [-0.2, -0.15) is 0 Å². The highest BCUT2D eigenvalue weighted by Crippen LogP contribution is 2.63. The standard InChI is InChI=1S/C12H18O4/c1-12(2)6-4-5-7(12)9(11(15)16-3)8(6)10(13)14/h6-9H,4-5H2,1-3H3,(H,13,14). The lowest BCUT2D eigenvalue weighted by atomic mass is 9.79. The molecule has 2 aliphatic rings. The Morgan fingerprint density at radius 2 is 1.69 bits per heavy atom. The largest absolute Gasteiger partial charge is 0.481 e.